The first kappa shape index (κ1) is 14.2. The van der Waals surface area contributed by atoms with Crippen molar-refractivity contribution < 1.29 is 14.3 Å². The molecule has 0 unspecified atom stereocenters. The molecule has 1 saturated heterocycles. The molecule has 0 radical (unpaired) electrons. The molecule has 5 aliphatic rings. The zero-order valence-corrected chi connectivity index (χ0v) is 13.9. The van der Waals surface area contributed by atoms with Crippen LogP contribution in [0.15, 0.2) is 23.8 Å². The molecule has 3 saturated carbocycles. The summed E-state index contributed by atoms with van der Waals surface area (Å²) >= 11 is 0. The normalized spacial score (nSPS) is 53.7. The second kappa shape index (κ2) is 4.05. The molecular weight excluding hydrogens is 288 g/mol. The molecular formula is C20H24O3. The Labute approximate surface area is 137 Å². The van der Waals surface area contributed by atoms with Crippen molar-refractivity contribution in [2.45, 2.75) is 51.6 Å². The predicted octanol–water partition coefficient (Wildman–Crippen LogP) is 3.24. The van der Waals surface area contributed by atoms with E-state index in [-0.39, 0.29) is 22.2 Å². The highest BCUT2D eigenvalue weighted by Crippen LogP contribution is 2.68. The quantitative estimate of drug-likeness (QED) is 0.645. The number of Topliss-reactive ketones (excluding diaryl/α,β-unsaturated/α-hetero) is 1. The maximum absolute atomic E-state index is 12.5. The van der Waals surface area contributed by atoms with E-state index in [9.17, 15) is 9.59 Å². The summed E-state index contributed by atoms with van der Waals surface area (Å²) in [7, 11) is 0. The lowest BCUT2D eigenvalue weighted by Gasteiger charge is -2.57. The maximum atomic E-state index is 12.5. The monoisotopic (exact) mass is 312 g/mol. The number of ether oxygens (including phenoxy) is 1. The number of carbonyl (C=O) groups excluding carboxylic acids is 2. The van der Waals surface area contributed by atoms with Gasteiger partial charge >= 0.3 is 0 Å². The van der Waals surface area contributed by atoms with E-state index in [1.54, 1.807) is 6.08 Å². The molecule has 3 nitrogen and oxygen atoms in total. The van der Waals surface area contributed by atoms with Gasteiger partial charge in [-0.25, -0.2) is 0 Å². The molecule has 1 aliphatic heterocycles. The summed E-state index contributed by atoms with van der Waals surface area (Å²) in [6, 6.07) is 0. The molecule has 23 heavy (non-hydrogen) atoms. The molecule has 0 N–H and O–H groups in total. The van der Waals surface area contributed by atoms with Gasteiger partial charge in [-0.1, -0.05) is 19.9 Å². The molecule has 0 aromatic heterocycles. The number of epoxide rings is 1. The molecule has 1 spiro atoms. The van der Waals surface area contributed by atoms with Gasteiger partial charge in [-0.15, -0.1) is 0 Å². The van der Waals surface area contributed by atoms with E-state index < -0.39 is 0 Å². The molecule has 0 bridgehead atoms. The number of hydrogen-bond acceptors (Lipinski definition) is 3. The van der Waals surface area contributed by atoms with Crippen LogP contribution in [0.5, 0.6) is 0 Å². The van der Waals surface area contributed by atoms with Crippen molar-refractivity contribution in [3.8, 4) is 0 Å². The van der Waals surface area contributed by atoms with E-state index in [1.807, 2.05) is 6.08 Å². The third-order valence-corrected chi connectivity index (χ3v) is 7.93. The first-order valence-corrected chi connectivity index (χ1v) is 9.02. The Morgan fingerprint density at radius 3 is 2.70 bits per heavy atom. The van der Waals surface area contributed by atoms with Gasteiger partial charge in [0.1, 0.15) is 11.4 Å². The highest BCUT2D eigenvalue weighted by atomic mass is 16.6. The summed E-state index contributed by atoms with van der Waals surface area (Å²) in [4.78, 5) is 24.4. The Kier molecular flexibility index (Phi) is 2.49. The number of rotatable bonds is 0. The second-order valence-electron chi connectivity index (χ2n) is 8.86. The molecule has 3 heteroatoms. The van der Waals surface area contributed by atoms with Crippen LogP contribution in [0.1, 0.15) is 46.0 Å². The summed E-state index contributed by atoms with van der Waals surface area (Å²) in [5, 5.41) is 0. The topological polar surface area (TPSA) is 46.7 Å². The predicted molar refractivity (Wildman–Crippen MR) is 85.7 cm³/mol. The fourth-order valence-electron chi connectivity index (χ4n) is 6.58. The Morgan fingerprint density at radius 2 is 1.96 bits per heavy atom. The molecule has 4 aliphatic carbocycles. The van der Waals surface area contributed by atoms with Gasteiger partial charge in [0.15, 0.2) is 5.78 Å². The van der Waals surface area contributed by atoms with Gasteiger partial charge in [-0.05, 0) is 61.2 Å². The first-order valence-electron chi connectivity index (χ1n) is 9.02. The molecule has 122 valence electrons. The molecule has 0 amide bonds. The lowest BCUT2D eigenvalue weighted by Crippen LogP contribution is -2.54. The smallest absolute Gasteiger partial charge is 0.178 e. The maximum Gasteiger partial charge on any atom is 0.178 e. The van der Waals surface area contributed by atoms with Gasteiger partial charge in [0.05, 0.1) is 6.61 Å². The van der Waals surface area contributed by atoms with Gasteiger partial charge in [0, 0.05) is 17.3 Å². The average molecular weight is 312 g/mol. The van der Waals surface area contributed by atoms with E-state index >= 15 is 0 Å². The van der Waals surface area contributed by atoms with Gasteiger partial charge in [0.25, 0.3) is 0 Å². The van der Waals surface area contributed by atoms with Crippen LogP contribution >= 0.6 is 0 Å². The Balaban J connectivity index is 1.61. The van der Waals surface area contributed by atoms with Crippen molar-refractivity contribution in [3.63, 3.8) is 0 Å². The van der Waals surface area contributed by atoms with Crippen LogP contribution in [0.4, 0.5) is 0 Å². The molecule has 0 aromatic rings. The van der Waals surface area contributed by atoms with Crippen LogP contribution in [-0.2, 0) is 14.3 Å². The van der Waals surface area contributed by atoms with E-state index in [1.165, 1.54) is 5.57 Å². The van der Waals surface area contributed by atoms with Gasteiger partial charge < -0.3 is 4.74 Å². The number of allylic oxidation sites excluding steroid dienone is 3. The minimum atomic E-state index is -0.208. The average Bonchev–Trinajstić information content (AvgIpc) is 3.21. The van der Waals surface area contributed by atoms with Crippen molar-refractivity contribution in [1.82, 2.24) is 0 Å². The van der Waals surface area contributed by atoms with Crippen molar-refractivity contribution >= 4 is 11.6 Å². The first-order chi connectivity index (χ1) is 10.9. The second-order valence-corrected chi connectivity index (χ2v) is 8.86. The SMILES string of the molecule is C[C@]12C=CC(=O)C=C1[C@]1(CO1)C[C@@H]1[C@@H]2CC[C@]2(C)C(=O)CC[C@@H]12. The standard InChI is InChI=1S/C20H24O3/c1-18-7-5-12(21)9-16(18)20(11-23-20)10-13-14-3-4-17(22)19(14,2)8-6-15(13)18/h5,7,9,13-15H,3-4,6,8,10-11H2,1-2H3/t13-,14-,15-,18+,19-,20+/m0/s1. The minimum absolute atomic E-state index is 0.0692. The van der Waals surface area contributed by atoms with Crippen LogP contribution in [0.25, 0.3) is 0 Å². The lowest BCUT2D eigenvalue weighted by molar-refractivity contribution is -0.132. The number of ketones is 2. The largest absolute Gasteiger partial charge is 0.365 e. The highest BCUT2D eigenvalue weighted by Gasteiger charge is 2.67. The Morgan fingerprint density at radius 1 is 1.17 bits per heavy atom. The van der Waals surface area contributed by atoms with Crippen LogP contribution in [0.3, 0.4) is 0 Å². The Bertz CT molecular complexity index is 683. The van der Waals surface area contributed by atoms with Crippen molar-refractivity contribution in [1.29, 1.82) is 0 Å². The fourth-order valence-corrected chi connectivity index (χ4v) is 6.58. The lowest BCUT2D eigenvalue weighted by atomic mass is 9.46. The van der Waals surface area contributed by atoms with Gasteiger partial charge in [-0.2, -0.15) is 0 Å². The highest BCUT2D eigenvalue weighted by molar-refractivity contribution is 6.01. The molecule has 6 atom stereocenters. The van der Waals surface area contributed by atoms with Gasteiger partial charge in [0.2, 0.25) is 0 Å². The van der Waals surface area contributed by atoms with Crippen LogP contribution in [-0.4, -0.2) is 23.8 Å². The zero-order valence-electron chi connectivity index (χ0n) is 13.9. The van der Waals surface area contributed by atoms with E-state index in [4.69, 9.17) is 4.74 Å². The summed E-state index contributed by atoms with van der Waals surface area (Å²) in [5.74, 6) is 2.16. The number of carbonyl (C=O) groups is 2. The summed E-state index contributed by atoms with van der Waals surface area (Å²) < 4.78 is 5.94. The van der Waals surface area contributed by atoms with E-state index in [2.05, 4.69) is 19.9 Å². The van der Waals surface area contributed by atoms with Crippen molar-refractivity contribution in [2.24, 2.45) is 28.6 Å². The van der Waals surface area contributed by atoms with Gasteiger partial charge in [-0.3, -0.25) is 9.59 Å². The summed E-state index contributed by atoms with van der Waals surface area (Å²) in [5.41, 5.74) is 0.829. The van der Waals surface area contributed by atoms with Crippen molar-refractivity contribution in [3.05, 3.63) is 23.8 Å². The molecule has 0 aromatic carbocycles. The minimum Gasteiger partial charge on any atom is -0.365 e. The van der Waals surface area contributed by atoms with Crippen molar-refractivity contribution in [2.75, 3.05) is 6.61 Å². The third kappa shape index (κ3) is 1.60. The van der Waals surface area contributed by atoms with Crippen LogP contribution < -0.4 is 0 Å². The third-order valence-electron chi connectivity index (χ3n) is 7.93. The Hall–Kier alpha value is -1.22. The summed E-state index contributed by atoms with van der Waals surface area (Å²) in [6.07, 6.45) is 10.6. The zero-order chi connectivity index (χ0) is 16.0. The van der Waals surface area contributed by atoms with E-state index in [0.717, 1.165) is 38.7 Å². The molecule has 4 fully saturated rings. The van der Waals surface area contributed by atoms with Crippen LogP contribution in [0.2, 0.25) is 0 Å². The van der Waals surface area contributed by atoms with E-state index in [0.29, 0.717) is 23.5 Å². The number of fused-ring (bicyclic) bond motifs is 6. The van der Waals surface area contributed by atoms with Crippen LogP contribution in [0, 0.1) is 28.6 Å². The number of hydrogen-bond donors (Lipinski definition) is 0. The molecule has 1 heterocycles. The summed E-state index contributed by atoms with van der Waals surface area (Å²) in [6.45, 7) is 5.25. The molecule has 5 rings (SSSR count). The fraction of sp³-hybridized carbons (Fsp3) is 0.700.